The van der Waals surface area contributed by atoms with Crippen molar-refractivity contribution in [1.29, 1.82) is 0 Å². The second kappa shape index (κ2) is 7.79. The Balaban J connectivity index is 2.06. The zero-order chi connectivity index (χ0) is 20.4. The molecule has 0 aliphatic rings. The third-order valence-corrected chi connectivity index (χ3v) is 4.02. The highest BCUT2D eigenvalue weighted by Crippen LogP contribution is 2.24. The van der Waals surface area contributed by atoms with Crippen molar-refractivity contribution in [3.8, 4) is 5.88 Å². The molecule has 0 saturated carbocycles. The van der Waals surface area contributed by atoms with Crippen molar-refractivity contribution in [3.05, 3.63) is 47.7 Å². The van der Waals surface area contributed by atoms with E-state index in [1.165, 1.54) is 22.8 Å². The number of halogens is 1. The highest BCUT2D eigenvalue weighted by molar-refractivity contribution is 6.09. The summed E-state index contributed by atoms with van der Waals surface area (Å²) in [5, 5.41) is 6.81. The van der Waals surface area contributed by atoms with Crippen LogP contribution in [0.4, 0.5) is 10.1 Å². The van der Waals surface area contributed by atoms with Gasteiger partial charge in [-0.25, -0.2) is 8.91 Å². The maximum Gasteiger partial charge on any atom is 0.259 e. The maximum atomic E-state index is 14.2. The monoisotopic (exact) mass is 386 g/mol. The van der Waals surface area contributed by atoms with Crippen LogP contribution >= 0.6 is 0 Å². The summed E-state index contributed by atoms with van der Waals surface area (Å²) in [5.74, 6) is -0.788. The lowest BCUT2D eigenvalue weighted by atomic mass is 10.2. The van der Waals surface area contributed by atoms with Crippen LogP contribution in [-0.4, -0.2) is 38.2 Å². The third-order valence-electron chi connectivity index (χ3n) is 4.02. The van der Waals surface area contributed by atoms with E-state index >= 15 is 0 Å². The van der Waals surface area contributed by atoms with Gasteiger partial charge in [-0.05, 0) is 39.8 Å². The number of carbonyl (C=O) groups is 1. The molecule has 3 aromatic heterocycles. The molecule has 0 bridgehead atoms. The molecule has 0 aromatic carbocycles. The Morgan fingerprint density at radius 2 is 2.07 bits per heavy atom. The summed E-state index contributed by atoms with van der Waals surface area (Å²) in [4.78, 5) is 21.5. The first kappa shape index (κ1) is 19.5. The van der Waals surface area contributed by atoms with Crippen molar-refractivity contribution in [2.75, 3.05) is 12.4 Å². The molecule has 1 amide bonds. The van der Waals surface area contributed by atoms with Gasteiger partial charge in [-0.2, -0.15) is 10.1 Å². The Hall–Kier alpha value is -3.23. The first-order chi connectivity index (χ1) is 13.3. The van der Waals surface area contributed by atoms with Crippen LogP contribution in [0.15, 0.2) is 35.7 Å². The number of fused-ring (bicyclic) bond motifs is 1. The van der Waals surface area contributed by atoms with Crippen LogP contribution in [0.1, 0.15) is 44.1 Å². The fourth-order valence-corrected chi connectivity index (χ4v) is 2.76. The molecule has 0 aliphatic carbocycles. The van der Waals surface area contributed by atoms with E-state index in [1.54, 1.807) is 19.4 Å². The zero-order valence-corrected chi connectivity index (χ0v) is 16.5. The lowest BCUT2D eigenvalue weighted by Crippen LogP contribution is -2.28. The number of amides is 1. The average molecular weight is 386 g/mol. The molecular formula is C19H23FN6O2. The van der Waals surface area contributed by atoms with Crippen LogP contribution in [0.5, 0.6) is 5.88 Å². The van der Waals surface area contributed by atoms with Crippen molar-refractivity contribution >= 4 is 17.1 Å². The second-order valence-corrected chi connectivity index (χ2v) is 6.81. The van der Waals surface area contributed by atoms with Crippen molar-refractivity contribution < 1.29 is 13.9 Å². The van der Waals surface area contributed by atoms with Gasteiger partial charge in [-0.3, -0.25) is 9.79 Å². The summed E-state index contributed by atoms with van der Waals surface area (Å²) in [6.07, 6.45) is 4.47. The Bertz CT molecular complexity index is 1080. The summed E-state index contributed by atoms with van der Waals surface area (Å²) in [5.41, 5.74) is 1.08. The number of carbonyl (C=O) groups excluding carboxylic acids is 1. The number of aromatic nitrogens is 4. The SMILES string of the molecule is C/N=c1/nc(OC(C)C)c(NC(=O)c2cnn3cccc(F)c23)cn1C(C)C. The largest absolute Gasteiger partial charge is 0.473 e. The Labute approximate surface area is 161 Å². The van der Waals surface area contributed by atoms with Crippen molar-refractivity contribution in [2.45, 2.75) is 39.8 Å². The molecule has 148 valence electrons. The van der Waals surface area contributed by atoms with Crippen LogP contribution in [0.2, 0.25) is 0 Å². The second-order valence-electron chi connectivity index (χ2n) is 6.81. The lowest BCUT2D eigenvalue weighted by molar-refractivity contribution is 0.102. The predicted molar refractivity (Wildman–Crippen MR) is 103 cm³/mol. The molecule has 28 heavy (non-hydrogen) atoms. The minimum Gasteiger partial charge on any atom is -0.473 e. The van der Waals surface area contributed by atoms with E-state index in [9.17, 15) is 9.18 Å². The molecule has 3 rings (SSSR count). The Kier molecular flexibility index (Phi) is 5.43. The van der Waals surface area contributed by atoms with Gasteiger partial charge < -0.3 is 14.6 Å². The molecule has 1 N–H and O–H groups in total. The molecule has 8 nitrogen and oxygen atoms in total. The van der Waals surface area contributed by atoms with Crippen molar-refractivity contribution in [2.24, 2.45) is 4.99 Å². The van der Waals surface area contributed by atoms with Gasteiger partial charge in [-0.15, -0.1) is 0 Å². The van der Waals surface area contributed by atoms with Crippen LogP contribution < -0.4 is 15.7 Å². The Morgan fingerprint density at radius 1 is 1.32 bits per heavy atom. The number of ether oxygens (including phenoxy) is 1. The number of rotatable bonds is 5. The number of anilines is 1. The predicted octanol–water partition coefficient (Wildman–Crippen LogP) is 2.82. The van der Waals surface area contributed by atoms with Gasteiger partial charge in [0.25, 0.3) is 5.91 Å². The molecule has 0 spiro atoms. The van der Waals surface area contributed by atoms with E-state index in [2.05, 4.69) is 20.4 Å². The topological polar surface area (TPSA) is 85.8 Å². The van der Waals surface area contributed by atoms with Gasteiger partial charge in [-0.1, -0.05) is 0 Å². The first-order valence-corrected chi connectivity index (χ1v) is 8.97. The van der Waals surface area contributed by atoms with E-state index in [1.807, 2.05) is 32.3 Å². The van der Waals surface area contributed by atoms with Crippen LogP contribution in [0.3, 0.4) is 0 Å². The van der Waals surface area contributed by atoms with Crippen LogP contribution in [0, 0.1) is 5.82 Å². The van der Waals surface area contributed by atoms with E-state index < -0.39 is 11.7 Å². The van der Waals surface area contributed by atoms with Crippen molar-refractivity contribution in [3.63, 3.8) is 0 Å². The third kappa shape index (κ3) is 3.73. The number of hydrogen-bond acceptors (Lipinski definition) is 5. The quantitative estimate of drug-likeness (QED) is 0.731. The summed E-state index contributed by atoms with van der Waals surface area (Å²) >= 11 is 0. The van der Waals surface area contributed by atoms with Gasteiger partial charge in [0.2, 0.25) is 11.5 Å². The molecule has 3 aromatic rings. The maximum absolute atomic E-state index is 14.2. The smallest absolute Gasteiger partial charge is 0.259 e. The lowest BCUT2D eigenvalue weighted by Gasteiger charge is -2.18. The highest BCUT2D eigenvalue weighted by Gasteiger charge is 2.20. The minimum atomic E-state index is -0.528. The molecule has 9 heteroatoms. The molecule has 0 fully saturated rings. The minimum absolute atomic E-state index is 0.0596. The van der Waals surface area contributed by atoms with Gasteiger partial charge in [0.05, 0.1) is 17.9 Å². The standard InChI is InChI=1S/C19H23FN6O2/c1-11(2)25-10-15(18(28-12(3)4)24-19(25)21-5)23-17(27)13-9-22-26-8-6-7-14(20)16(13)26/h6-12H,1-5H3,(H,23,27)/b21-19-. The molecule has 3 heterocycles. The molecule has 0 unspecified atom stereocenters. The summed E-state index contributed by atoms with van der Waals surface area (Å²) in [7, 11) is 1.64. The van der Waals surface area contributed by atoms with Crippen molar-refractivity contribution in [1.82, 2.24) is 19.2 Å². The normalized spacial score (nSPS) is 12.2. The Morgan fingerprint density at radius 3 is 2.71 bits per heavy atom. The molecular weight excluding hydrogens is 363 g/mol. The number of pyridine rings is 1. The van der Waals surface area contributed by atoms with Gasteiger partial charge in [0.15, 0.2) is 0 Å². The summed E-state index contributed by atoms with van der Waals surface area (Å²) in [6.45, 7) is 7.68. The fourth-order valence-electron chi connectivity index (χ4n) is 2.76. The highest BCUT2D eigenvalue weighted by atomic mass is 19.1. The number of nitrogens with zero attached hydrogens (tertiary/aromatic N) is 5. The number of nitrogens with one attached hydrogen (secondary N) is 1. The fraction of sp³-hybridized carbons (Fsp3) is 0.368. The molecule has 0 aliphatic heterocycles. The zero-order valence-electron chi connectivity index (χ0n) is 16.5. The summed E-state index contributed by atoms with van der Waals surface area (Å²) in [6, 6.07) is 2.87. The van der Waals surface area contributed by atoms with E-state index in [0.29, 0.717) is 11.3 Å². The van der Waals surface area contributed by atoms with Crippen LogP contribution in [0.25, 0.3) is 5.52 Å². The van der Waals surface area contributed by atoms with Crippen LogP contribution in [-0.2, 0) is 0 Å². The van der Waals surface area contributed by atoms with Gasteiger partial charge in [0.1, 0.15) is 17.0 Å². The first-order valence-electron chi connectivity index (χ1n) is 8.97. The van der Waals surface area contributed by atoms with Gasteiger partial charge in [0, 0.05) is 25.5 Å². The number of hydrogen-bond donors (Lipinski definition) is 1. The molecule has 0 radical (unpaired) electrons. The van der Waals surface area contributed by atoms with E-state index in [4.69, 9.17) is 4.74 Å². The van der Waals surface area contributed by atoms with E-state index in [0.717, 1.165) is 0 Å². The average Bonchev–Trinajstić information content (AvgIpc) is 3.07. The molecule has 0 saturated heterocycles. The van der Waals surface area contributed by atoms with E-state index in [-0.39, 0.29) is 29.1 Å². The molecule has 0 atom stereocenters. The van der Waals surface area contributed by atoms with Gasteiger partial charge >= 0.3 is 0 Å². The summed E-state index contributed by atoms with van der Waals surface area (Å²) < 4.78 is 23.1.